The fourth-order valence-electron chi connectivity index (χ4n) is 2.12. The lowest BCUT2D eigenvalue weighted by Crippen LogP contribution is -2.61. The molecule has 0 aliphatic carbocycles. The number of piperazine rings is 1. The van der Waals surface area contributed by atoms with E-state index in [4.69, 9.17) is 0 Å². The van der Waals surface area contributed by atoms with Gasteiger partial charge in [0.1, 0.15) is 6.04 Å². The van der Waals surface area contributed by atoms with Crippen LogP contribution in [-0.4, -0.2) is 61.3 Å². The molecule has 0 radical (unpaired) electrons. The molecular formula is C10H19F3N2O2S. The van der Waals surface area contributed by atoms with E-state index in [-0.39, 0.29) is 24.9 Å². The Labute approximate surface area is 106 Å². The van der Waals surface area contributed by atoms with E-state index in [1.807, 2.05) is 0 Å². The molecule has 1 aliphatic rings. The van der Waals surface area contributed by atoms with Crippen molar-refractivity contribution in [3.05, 3.63) is 0 Å². The molecule has 0 N–H and O–H groups in total. The number of hydrogen-bond donors (Lipinski definition) is 0. The highest BCUT2D eigenvalue weighted by molar-refractivity contribution is 7.89. The van der Waals surface area contributed by atoms with Crippen molar-refractivity contribution in [3.63, 3.8) is 0 Å². The maximum absolute atomic E-state index is 13.0. The molecule has 0 aromatic rings. The van der Waals surface area contributed by atoms with Crippen LogP contribution in [0.3, 0.4) is 0 Å². The third kappa shape index (κ3) is 3.36. The van der Waals surface area contributed by atoms with Crippen LogP contribution >= 0.6 is 0 Å². The van der Waals surface area contributed by atoms with Crippen molar-refractivity contribution < 1.29 is 21.6 Å². The summed E-state index contributed by atoms with van der Waals surface area (Å²) in [5, 5.41) is 0. The molecule has 108 valence electrons. The Bertz CT molecular complexity index is 381. The van der Waals surface area contributed by atoms with E-state index in [9.17, 15) is 21.6 Å². The topological polar surface area (TPSA) is 40.6 Å². The Morgan fingerprint density at radius 3 is 2.22 bits per heavy atom. The Kier molecular flexibility index (Phi) is 4.66. The molecule has 0 spiro atoms. The lowest BCUT2D eigenvalue weighted by molar-refractivity contribution is -0.197. The summed E-state index contributed by atoms with van der Waals surface area (Å²) in [6.45, 7) is 4.54. The fraction of sp³-hybridized carbons (Fsp3) is 1.00. The highest BCUT2D eigenvalue weighted by Gasteiger charge is 2.48. The van der Waals surface area contributed by atoms with Gasteiger partial charge in [-0.1, -0.05) is 0 Å². The minimum Gasteiger partial charge on any atom is -0.287 e. The molecule has 18 heavy (non-hydrogen) atoms. The maximum Gasteiger partial charge on any atom is 0.405 e. The Balaban J connectivity index is 2.94. The lowest BCUT2D eigenvalue weighted by atomic mass is 10.1. The van der Waals surface area contributed by atoms with Crippen LogP contribution in [0.1, 0.15) is 20.8 Å². The van der Waals surface area contributed by atoms with E-state index in [1.165, 1.54) is 11.8 Å². The summed E-state index contributed by atoms with van der Waals surface area (Å²) in [4.78, 5) is 1.31. The van der Waals surface area contributed by atoms with Crippen LogP contribution < -0.4 is 0 Å². The Morgan fingerprint density at radius 1 is 1.28 bits per heavy atom. The molecule has 0 aromatic carbocycles. The molecule has 4 nitrogen and oxygen atoms in total. The van der Waals surface area contributed by atoms with Crippen LogP contribution in [0.4, 0.5) is 13.2 Å². The monoisotopic (exact) mass is 288 g/mol. The summed E-state index contributed by atoms with van der Waals surface area (Å²) >= 11 is 0. The van der Waals surface area contributed by atoms with E-state index in [0.717, 1.165) is 4.31 Å². The van der Waals surface area contributed by atoms with Gasteiger partial charge in [-0.2, -0.15) is 17.5 Å². The second-order valence-corrected chi connectivity index (χ2v) is 6.91. The van der Waals surface area contributed by atoms with Gasteiger partial charge in [0.15, 0.2) is 0 Å². The van der Waals surface area contributed by atoms with Gasteiger partial charge in [0.25, 0.3) is 0 Å². The van der Waals surface area contributed by atoms with Crippen LogP contribution in [0.15, 0.2) is 0 Å². The van der Waals surface area contributed by atoms with Gasteiger partial charge in [-0.05, 0) is 20.8 Å². The molecule has 1 fully saturated rings. The zero-order valence-electron chi connectivity index (χ0n) is 10.7. The van der Waals surface area contributed by atoms with Crippen molar-refractivity contribution in [2.45, 2.75) is 39.0 Å². The predicted octanol–water partition coefficient (Wildman–Crippen LogP) is 1.29. The lowest BCUT2D eigenvalue weighted by Gasteiger charge is -2.43. The first-order valence-electron chi connectivity index (χ1n) is 5.90. The number of halogens is 3. The molecule has 1 saturated heterocycles. The molecular weight excluding hydrogens is 269 g/mol. The molecule has 1 heterocycles. The minimum absolute atomic E-state index is 0.112. The largest absolute Gasteiger partial charge is 0.405 e. The minimum atomic E-state index is -4.41. The third-order valence-electron chi connectivity index (χ3n) is 3.18. The van der Waals surface area contributed by atoms with Gasteiger partial charge < -0.3 is 0 Å². The molecule has 1 aliphatic heterocycles. The number of nitrogens with zero attached hydrogens (tertiary/aromatic N) is 2. The van der Waals surface area contributed by atoms with E-state index in [2.05, 4.69) is 0 Å². The summed E-state index contributed by atoms with van der Waals surface area (Å²) in [5.41, 5.74) is 0. The predicted molar refractivity (Wildman–Crippen MR) is 62.7 cm³/mol. The summed E-state index contributed by atoms with van der Waals surface area (Å²) in [6, 6.07) is -1.98. The first-order chi connectivity index (χ1) is 8.09. The first-order valence-corrected chi connectivity index (χ1v) is 7.50. The van der Waals surface area contributed by atoms with E-state index in [0.29, 0.717) is 0 Å². The summed E-state index contributed by atoms with van der Waals surface area (Å²) < 4.78 is 63.1. The van der Waals surface area contributed by atoms with Gasteiger partial charge in [-0.25, -0.2) is 8.42 Å². The molecule has 1 unspecified atom stereocenters. The van der Waals surface area contributed by atoms with Crippen molar-refractivity contribution >= 4 is 10.0 Å². The smallest absolute Gasteiger partial charge is 0.287 e. The van der Waals surface area contributed by atoms with Crippen LogP contribution in [0.5, 0.6) is 0 Å². The van der Waals surface area contributed by atoms with Crippen molar-refractivity contribution in [1.82, 2.24) is 9.21 Å². The van der Waals surface area contributed by atoms with Crippen molar-refractivity contribution in [1.29, 1.82) is 0 Å². The van der Waals surface area contributed by atoms with Gasteiger partial charge in [-0.15, -0.1) is 0 Å². The van der Waals surface area contributed by atoms with Crippen LogP contribution in [0.25, 0.3) is 0 Å². The second kappa shape index (κ2) is 5.34. The van der Waals surface area contributed by atoms with E-state index in [1.54, 1.807) is 13.8 Å². The van der Waals surface area contributed by atoms with Gasteiger partial charge >= 0.3 is 6.18 Å². The van der Waals surface area contributed by atoms with E-state index >= 15 is 0 Å². The molecule has 0 aromatic heterocycles. The molecule has 8 heteroatoms. The van der Waals surface area contributed by atoms with Crippen LogP contribution in [0.2, 0.25) is 0 Å². The number of alkyl halides is 3. The first kappa shape index (κ1) is 15.7. The van der Waals surface area contributed by atoms with Crippen molar-refractivity contribution in [2.24, 2.45) is 0 Å². The number of hydrogen-bond acceptors (Lipinski definition) is 3. The zero-order valence-corrected chi connectivity index (χ0v) is 11.6. The third-order valence-corrected chi connectivity index (χ3v) is 5.03. The van der Waals surface area contributed by atoms with Gasteiger partial charge in [0, 0.05) is 25.7 Å². The van der Waals surface area contributed by atoms with Crippen LogP contribution in [0, 0.1) is 0 Å². The molecule has 1 atom stereocenters. The van der Waals surface area contributed by atoms with Crippen LogP contribution in [-0.2, 0) is 10.0 Å². The molecule has 0 amide bonds. The SMILES string of the molecule is CCS(=O)(=O)N1CCN(C(C)C)C(C(F)(F)F)C1. The summed E-state index contributed by atoms with van der Waals surface area (Å²) in [6.07, 6.45) is -4.41. The van der Waals surface area contributed by atoms with E-state index < -0.39 is 28.8 Å². The molecule has 0 saturated carbocycles. The van der Waals surface area contributed by atoms with Gasteiger partial charge in [0.05, 0.1) is 5.75 Å². The summed E-state index contributed by atoms with van der Waals surface area (Å²) in [5.74, 6) is -0.167. The number of sulfonamides is 1. The Hall–Kier alpha value is -0.340. The average Bonchev–Trinajstić information content (AvgIpc) is 2.27. The highest BCUT2D eigenvalue weighted by atomic mass is 32.2. The standard InChI is InChI=1S/C10H19F3N2O2S/c1-4-18(16,17)14-5-6-15(8(2)3)9(7-14)10(11,12)13/h8-9H,4-7H2,1-3H3. The van der Waals surface area contributed by atoms with Crippen molar-refractivity contribution in [3.8, 4) is 0 Å². The number of rotatable bonds is 3. The zero-order chi connectivity index (χ0) is 14.1. The average molecular weight is 288 g/mol. The second-order valence-electron chi connectivity index (χ2n) is 4.65. The molecule has 1 rings (SSSR count). The van der Waals surface area contributed by atoms with Gasteiger partial charge in [-0.3, -0.25) is 4.90 Å². The molecule has 0 bridgehead atoms. The van der Waals surface area contributed by atoms with Crippen molar-refractivity contribution in [2.75, 3.05) is 25.4 Å². The maximum atomic E-state index is 13.0. The Morgan fingerprint density at radius 2 is 1.83 bits per heavy atom. The van der Waals surface area contributed by atoms with Gasteiger partial charge in [0.2, 0.25) is 10.0 Å². The normalized spacial score (nSPS) is 24.7. The quantitative estimate of drug-likeness (QED) is 0.786. The summed E-state index contributed by atoms with van der Waals surface area (Å²) in [7, 11) is -3.56. The fourth-order valence-corrected chi connectivity index (χ4v) is 3.21. The highest BCUT2D eigenvalue weighted by Crippen LogP contribution is 2.30.